The minimum absolute atomic E-state index is 0.209. The van der Waals surface area contributed by atoms with E-state index in [0.717, 1.165) is 0 Å². The molecule has 1 heterocycles. The number of hydrogen-bond acceptors (Lipinski definition) is 4. The van der Waals surface area contributed by atoms with Gasteiger partial charge in [-0.2, -0.15) is 0 Å². The highest BCUT2D eigenvalue weighted by atomic mass is 16.5. The van der Waals surface area contributed by atoms with Crippen molar-refractivity contribution in [3.8, 4) is 11.5 Å². The second-order valence-corrected chi connectivity index (χ2v) is 5.44. The van der Waals surface area contributed by atoms with Crippen molar-refractivity contribution < 1.29 is 24.2 Å². The van der Waals surface area contributed by atoms with Crippen molar-refractivity contribution in [2.75, 3.05) is 27.3 Å². The highest BCUT2D eigenvalue weighted by Crippen LogP contribution is 2.32. The van der Waals surface area contributed by atoms with E-state index in [0.29, 0.717) is 30.0 Å². The number of benzene rings is 1. The number of carboxylic acids is 1. The molecule has 0 saturated carbocycles. The van der Waals surface area contributed by atoms with Crippen molar-refractivity contribution in [2.24, 2.45) is 5.41 Å². The number of likely N-dealkylation sites (tertiary alicyclic amines) is 1. The molecule has 1 aromatic carbocycles. The SMILES string of the molecule is COc1cc(OC)cc(C(=O)N2CC[C@@](C)(C(=O)O)C2)c1. The predicted molar refractivity (Wildman–Crippen MR) is 75.8 cm³/mol. The Morgan fingerprint density at radius 1 is 1.19 bits per heavy atom. The summed E-state index contributed by atoms with van der Waals surface area (Å²) in [6.45, 7) is 2.30. The van der Waals surface area contributed by atoms with E-state index in [4.69, 9.17) is 9.47 Å². The van der Waals surface area contributed by atoms with Gasteiger partial charge >= 0.3 is 5.97 Å². The third-order valence-electron chi connectivity index (χ3n) is 3.88. The summed E-state index contributed by atoms with van der Waals surface area (Å²) in [5.41, 5.74) is -0.445. The number of ether oxygens (including phenoxy) is 2. The molecule has 1 aliphatic rings. The minimum atomic E-state index is -0.876. The normalized spacial score (nSPS) is 21.2. The molecule has 2 rings (SSSR count). The Kier molecular flexibility index (Phi) is 4.06. The summed E-state index contributed by atoms with van der Waals surface area (Å²) in [5, 5.41) is 9.23. The lowest BCUT2D eigenvalue weighted by atomic mass is 9.90. The number of rotatable bonds is 4. The van der Waals surface area contributed by atoms with Gasteiger partial charge in [0.15, 0.2) is 0 Å². The largest absolute Gasteiger partial charge is 0.497 e. The Morgan fingerprint density at radius 2 is 1.76 bits per heavy atom. The first-order valence-corrected chi connectivity index (χ1v) is 6.65. The van der Waals surface area contributed by atoms with Gasteiger partial charge in [0.05, 0.1) is 19.6 Å². The highest BCUT2D eigenvalue weighted by Gasteiger charge is 2.42. The number of carbonyl (C=O) groups is 2. The average molecular weight is 293 g/mol. The van der Waals surface area contributed by atoms with Crippen LogP contribution in [-0.4, -0.2) is 49.2 Å². The molecule has 21 heavy (non-hydrogen) atoms. The van der Waals surface area contributed by atoms with Gasteiger partial charge in [-0.3, -0.25) is 9.59 Å². The van der Waals surface area contributed by atoms with E-state index < -0.39 is 11.4 Å². The number of amides is 1. The first-order valence-electron chi connectivity index (χ1n) is 6.65. The Bertz CT molecular complexity index is 549. The fourth-order valence-corrected chi connectivity index (χ4v) is 2.42. The minimum Gasteiger partial charge on any atom is -0.497 e. The number of aliphatic carboxylic acids is 1. The molecule has 0 aliphatic carbocycles. The second-order valence-electron chi connectivity index (χ2n) is 5.44. The molecule has 114 valence electrons. The van der Waals surface area contributed by atoms with Gasteiger partial charge in [-0.25, -0.2) is 0 Å². The van der Waals surface area contributed by atoms with Crippen LogP contribution in [0.2, 0.25) is 0 Å². The number of hydrogen-bond donors (Lipinski definition) is 1. The van der Waals surface area contributed by atoms with Crippen LogP contribution in [0.4, 0.5) is 0 Å². The van der Waals surface area contributed by atoms with Gasteiger partial charge < -0.3 is 19.5 Å². The van der Waals surface area contributed by atoms with Crippen LogP contribution in [0, 0.1) is 5.41 Å². The summed E-state index contributed by atoms with van der Waals surface area (Å²) < 4.78 is 10.3. The first kappa shape index (κ1) is 15.2. The maximum absolute atomic E-state index is 12.5. The summed E-state index contributed by atoms with van der Waals surface area (Å²) in [6, 6.07) is 4.94. The molecule has 0 spiro atoms. The van der Waals surface area contributed by atoms with E-state index in [1.807, 2.05) is 0 Å². The van der Waals surface area contributed by atoms with Crippen molar-refractivity contribution in [3.63, 3.8) is 0 Å². The third kappa shape index (κ3) is 2.94. The molecule has 1 aromatic rings. The Morgan fingerprint density at radius 3 is 2.19 bits per heavy atom. The van der Waals surface area contributed by atoms with E-state index in [9.17, 15) is 14.7 Å². The van der Waals surface area contributed by atoms with Crippen LogP contribution >= 0.6 is 0 Å². The fraction of sp³-hybridized carbons (Fsp3) is 0.467. The molecule has 1 N–H and O–H groups in total. The molecule has 6 heteroatoms. The lowest BCUT2D eigenvalue weighted by Crippen LogP contribution is -2.34. The third-order valence-corrected chi connectivity index (χ3v) is 3.88. The molecular weight excluding hydrogens is 274 g/mol. The van der Waals surface area contributed by atoms with Crippen LogP contribution in [0.3, 0.4) is 0 Å². The molecule has 0 aromatic heterocycles. The molecule has 1 aliphatic heterocycles. The second kappa shape index (κ2) is 5.63. The maximum atomic E-state index is 12.5. The quantitative estimate of drug-likeness (QED) is 0.913. The smallest absolute Gasteiger partial charge is 0.311 e. The van der Waals surface area contributed by atoms with Gasteiger partial charge in [-0.1, -0.05) is 0 Å². The monoisotopic (exact) mass is 293 g/mol. The van der Waals surface area contributed by atoms with Gasteiger partial charge in [0.1, 0.15) is 11.5 Å². The molecule has 1 saturated heterocycles. The van der Waals surface area contributed by atoms with Gasteiger partial charge in [0.25, 0.3) is 5.91 Å². The molecule has 0 radical (unpaired) electrons. The average Bonchev–Trinajstić information content (AvgIpc) is 2.89. The van der Waals surface area contributed by atoms with Crippen molar-refractivity contribution in [2.45, 2.75) is 13.3 Å². The van der Waals surface area contributed by atoms with E-state index in [1.165, 1.54) is 14.2 Å². The van der Waals surface area contributed by atoms with Crippen LogP contribution in [0.15, 0.2) is 18.2 Å². The molecular formula is C15H19NO5. The molecule has 1 amide bonds. The zero-order valence-electron chi connectivity index (χ0n) is 12.4. The van der Waals surface area contributed by atoms with Gasteiger partial charge in [-0.05, 0) is 25.5 Å². The van der Waals surface area contributed by atoms with Crippen LogP contribution in [0.5, 0.6) is 11.5 Å². The lowest BCUT2D eigenvalue weighted by Gasteiger charge is -2.20. The van der Waals surface area contributed by atoms with Crippen molar-refractivity contribution in [1.82, 2.24) is 4.90 Å². The van der Waals surface area contributed by atoms with Crippen molar-refractivity contribution in [1.29, 1.82) is 0 Å². The topological polar surface area (TPSA) is 76.1 Å². The lowest BCUT2D eigenvalue weighted by molar-refractivity contribution is -0.147. The van der Waals surface area contributed by atoms with Crippen LogP contribution in [-0.2, 0) is 4.79 Å². The number of methoxy groups -OCH3 is 2. The predicted octanol–water partition coefficient (Wildman–Crippen LogP) is 1.64. The van der Waals surface area contributed by atoms with E-state index in [-0.39, 0.29) is 12.5 Å². The van der Waals surface area contributed by atoms with Crippen LogP contribution in [0.1, 0.15) is 23.7 Å². The van der Waals surface area contributed by atoms with E-state index in [2.05, 4.69) is 0 Å². The Balaban J connectivity index is 2.23. The summed E-state index contributed by atoms with van der Waals surface area (Å²) in [7, 11) is 3.03. The van der Waals surface area contributed by atoms with Crippen molar-refractivity contribution in [3.05, 3.63) is 23.8 Å². The van der Waals surface area contributed by atoms with Gasteiger partial charge in [0, 0.05) is 24.7 Å². The number of carbonyl (C=O) groups excluding carboxylic acids is 1. The van der Waals surface area contributed by atoms with Crippen LogP contribution in [0.25, 0.3) is 0 Å². The van der Waals surface area contributed by atoms with Gasteiger partial charge in [0.2, 0.25) is 0 Å². The summed E-state index contributed by atoms with van der Waals surface area (Å²) in [4.78, 5) is 25.3. The molecule has 0 bridgehead atoms. The summed E-state index contributed by atoms with van der Waals surface area (Å²) >= 11 is 0. The van der Waals surface area contributed by atoms with E-state index in [1.54, 1.807) is 30.0 Å². The fourth-order valence-electron chi connectivity index (χ4n) is 2.42. The first-order chi connectivity index (χ1) is 9.89. The van der Waals surface area contributed by atoms with Gasteiger partial charge in [-0.15, -0.1) is 0 Å². The number of nitrogens with zero attached hydrogens (tertiary/aromatic N) is 1. The Hall–Kier alpha value is -2.24. The summed E-state index contributed by atoms with van der Waals surface area (Å²) in [6.07, 6.45) is 0.454. The highest BCUT2D eigenvalue weighted by molar-refractivity contribution is 5.96. The maximum Gasteiger partial charge on any atom is 0.311 e. The molecule has 0 unspecified atom stereocenters. The Labute approximate surface area is 123 Å². The molecule has 6 nitrogen and oxygen atoms in total. The zero-order valence-corrected chi connectivity index (χ0v) is 12.4. The zero-order chi connectivity index (χ0) is 15.6. The molecule has 1 atom stereocenters. The molecule has 1 fully saturated rings. The summed E-state index contributed by atoms with van der Waals surface area (Å²) in [5.74, 6) is -0.0333. The van der Waals surface area contributed by atoms with Crippen LogP contribution < -0.4 is 9.47 Å². The van der Waals surface area contributed by atoms with Crippen molar-refractivity contribution >= 4 is 11.9 Å². The standard InChI is InChI=1S/C15H19NO5/c1-15(14(18)19)4-5-16(9-15)13(17)10-6-11(20-2)8-12(7-10)21-3/h6-8H,4-5,9H2,1-3H3,(H,18,19)/t15-/m1/s1. The number of carboxylic acid groups (broad SMARTS) is 1. The van der Waals surface area contributed by atoms with E-state index >= 15 is 0 Å².